The molecule has 17 heavy (non-hydrogen) atoms. The van der Waals surface area contributed by atoms with Crippen LogP contribution in [0.15, 0.2) is 24.3 Å². The van der Waals surface area contributed by atoms with Crippen LogP contribution in [0.25, 0.3) is 0 Å². The van der Waals surface area contributed by atoms with E-state index in [9.17, 15) is 0 Å². The molecule has 96 valence electrons. The Morgan fingerprint density at radius 3 is 2.35 bits per heavy atom. The van der Waals surface area contributed by atoms with E-state index in [4.69, 9.17) is 10.5 Å². The molecule has 1 aromatic rings. The van der Waals surface area contributed by atoms with Crippen molar-refractivity contribution in [2.75, 3.05) is 0 Å². The second-order valence-corrected chi connectivity index (χ2v) is 4.73. The maximum absolute atomic E-state index is 5.93. The van der Waals surface area contributed by atoms with Gasteiger partial charge in [0.25, 0.3) is 0 Å². The van der Waals surface area contributed by atoms with Gasteiger partial charge in [-0.1, -0.05) is 32.4 Å². The van der Waals surface area contributed by atoms with Gasteiger partial charge in [-0.15, -0.1) is 0 Å². The second-order valence-electron chi connectivity index (χ2n) is 4.73. The molecular weight excluding hydrogens is 210 g/mol. The lowest BCUT2D eigenvalue weighted by Crippen LogP contribution is -2.21. The van der Waals surface area contributed by atoms with Gasteiger partial charge in [-0.3, -0.25) is 0 Å². The third-order valence-corrected chi connectivity index (χ3v) is 2.98. The molecule has 1 aromatic carbocycles. The summed E-state index contributed by atoms with van der Waals surface area (Å²) in [5, 5.41) is 0. The fourth-order valence-electron chi connectivity index (χ4n) is 1.85. The summed E-state index contributed by atoms with van der Waals surface area (Å²) in [6, 6.07) is 8.58. The van der Waals surface area contributed by atoms with Crippen molar-refractivity contribution in [3.8, 4) is 5.75 Å². The Bertz CT molecular complexity index is 307. The molecule has 0 saturated carbocycles. The van der Waals surface area contributed by atoms with E-state index in [0.29, 0.717) is 6.10 Å². The monoisotopic (exact) mass is 235 g/mol. The highest BCUT2D eigenvalue weighted by molar-refractivity contribution is 5.27. The molecule has 0 bridgehead atoms. The zero-order valence-electron chi connectivity index (χ0n) is 11.3. The topological polar surface area (TPSA) is 35.2 Å². The SMILES string of the molecule is CCCC(C)Oc1ccc(CC(N)CC)cc1. The van der Waals surface area contributed by atoms with Crippen LogP contribution in [0.5, 0.6) is 5.75 Å². The van der Waals surface area contributed by atoms with Crippen molar-refractivity contribution in [1.82, 2.24) is 0 Å². The third-order valence-electron chi connectivity index (χ3n) is 2.98. The van der Waals surface area contributed by atoms with E-state index in [1.165, 1.54) is 5.56 Å². The molecule has 1 rings (SSSR count). The first-order valence-electron chi connectivity index (χ1n) is 6.66. The average Bonchev–Trinajstić information content (AvgIpc) is 2.32. The maximum Gasteiger partial charge on any atom is 0.119 e. The molecule has 0 fully saturated rings. The second kappa shape index (κ2) is 7.33. The van der Waals surface area contributed by atoms with Gasteiger partial charge in [0, 0.05) is 6.04 Å². The van der Waals surface area contributed by atoms with Crippen LogP contribution >= 0.6 is 0 Å². The molecule has 0 aliphatic heterocycles. The molecule has 0 aliphatic carbocycles. The summed E-state index contributed by atoms with van der Waals surface area (Å²) in [6.07, 6.45) is 4.52. The van der Waals surface area contributed by atoms with Gasteiger partial charge in [0.1, 0.15) is 5.75 Å². The predicted octanol–water partition coefficient (Wildman–Crippen LogP) is 3.53. The number of hydrogen-bond acceptors (Lipinski definition) is 2. The lowest BCUT2D eigenvalue weighted by atomic mass is 10.0. The number of rotatable bonds is 7. The zero-order valence-corrected chi connectivity index (χ0v) is 11.3. The Morgan fingerprint density at radius 2 is 1.82 bits per heavy atom. The standard InChI is InChI=1S/C15H25NO/c1-4-6-12(3)17-15-9-7-13(8-10-15)11-14(16)5-2/h7-10,12,14H,4-6,11,16H2,1-3H3. The van der Waals surface area contributed by atoms with E-state index in [2.05, 4.69) is 32.9 Å². The Balaban J connectivity index is 2.49. The molecule has 2 unspecified atom stereocenters. The quantitative estimate of drug-likeness (QED) is 0.784. The average molecular weight is 235 g/mol. The van der Waals surface area contributed by atoms with Crippen LogP contribution in [0.2, 0.25) is 0 Å². The van der Waals surface area contributed by atoms with Gasteiger partial charge < -0.3 is 10.5 Å². The van der Waals surface area contributed by atoms with E-state index in [1.807, 2.05) is 12.1 Å². The van der Waals surface area contributed by atoms with Crippen LogP contribution in [-0.4, -0.2) is 12.1 Å². The van der Waals surface area contributed by atoms with Gasteiger partial charge in [0.05, 0.1) is 6.10 Å². The van der Waals surface area contributed by atoms with Crippen molar-refractivity contribution in [1.29, 1.82) is 0 Å². The van der Waals surface area contributed by atoms with Crippen LogP contribution in [0.1, 0.15) is 45.6 Å². The zero-order chi connectivity index (χ0) is 12.7. The predicted molar refractivity (Wildman–Crippen MR) is 73.4 cm³/mol. The van der Waals surface area contributed by atoms with Crippen molar-refractivity contribution in [2.45, 2.75) is 58.6 Å². The van der Waals surface area contributed by atoms with E-state index in [-0.39, 0.29) is 6.04 Å². The van der Waals surface area contributed by atoms with Gasteiger partial charge in [0.2, 0.25) is 0 Å². The molecule has 0 aliphatic rings. The summed E-state index contributed by atoms with van der Waals surface area (Å²) in [6.45, 7) is 6.41. The van der Waals surface area contributed by atoms with Crippen molar-refractivity contribution < 1.29 is 4.74 Å². The fraction of sp³-hybridized carbons (Fsp3) is 0.600. The molecule has 2 nitrogen and oxygen atoms in total. The lowest BCUT2D eigenvalue weighted by Gasteiger charge is -2.14. The molecule has 2 heteroatoms. The first-order chi connectivity index (χ1) is 8.15. The molecule has 0 saturated heterocycles. The molecule has 0 radical (unpaired) electrons. The first-order valence-corrected chi connectivity index (χ1v) is 6.66. The van der Waals surface area contributed by atoms with Gasteiger partial charge in [-0.05, 0) is 43.9 Å². The smallest absolute Gasteiger partial charge is 0.119 e. The van der Waals surface area contributed by atoms with E-state index < -0.39 is 0 Å². The minimum Gasteiger partial charge on any atom is -0.491 e. The van der Waals surface area contributed by atoms with Gasteiger partial charge >= 0.3 is 0 Å². The molecule has 0 amide bonds. The fourth-order valence-corrected chi connectivity index (χ4v) is 1.85. The van der Waals surface area contributed by atoms with Gasteiger partial charge in [0.15, 0.2) is 0 Å². The van der Waals surface area contributed by atoms with E-state index in [1.54, 1.807) is 0 Å². The summed E-state index contributed by atoms with van der Waals surface area (Å²) in [5.41, 5.74) is 7.22. The summed E-state index contributed by atoms with van der Waals surface area (Å²) < 4.78 is 5.81. The highest BCUT2D eigenvalue weighted by atomic mass is 16.5. The van der Waals surface area contributed by atoms with Crippen molar-refractivity contribution in [3.63, 3.8) is 0 Å². The van der Waals surface area contributed by atoms with Crippen molar-refractivity contribution >= 4 is 0 Å². The molecule has 0 aromatic heterocycles. The lowest BCUT2D eigenvalue weighted by molar-refractivity contribution is 0.210. The molecule has 2 atom stereocenters. The Labute approximate surface area is 105 Å². The maximum atomic E-state index is 5.93. The molecule has 0 spiro atoms. The van der Waals surface area contributed by atoms with Crippen LogP contribution in [0.4, 0.5) is 0 Å². The van der Waals surface area contributed by atoms with Crippen molar-refractivity contribution in [3.05, 3.63) is 29.8 Å². The highest BCUT2D eigenvalue weighted by Gasteiger charge is 2.04. The number of hydrogen-bond donors (Lipinski definition) is 1. The van der Waals surface area contributed by atoms with Crippen LogP contribution in [-0.2, 0) is 6.42 Å². The van der Waals surface area contributed by atoms with Crippen LogP contribution < -0.4 is 10.5 Å². The minimum atomic E-state index is 0.265. The molecule has 0 heterocycles. The summed E-state index contributed by atoms with van der Waals surface area (Å²) in [5.74, 6) is 0.958. The van der Waals surface area contributed by atoms with E-state index in [0.717, 1.165) is 31.4 Å². The summed E-state index contributed by atoms with van der Waals surface area (Å²) in [4.78, 5) is 0. The van der Waals surface area contributed by atoms with Crippen LogP contribution in [0, 0.1) is 0 Å². The molecule has 2 N–H and O–H groups in total. The van der Waals surface area contributed by atoms with Gasteiger partial charge in [-0.25, -0.2) is 0 Å². The Hall–Kier alpha value is -1.02. The Kier molecular flexibility index (Phi) is 6.06. The molecular formula is C15H25NO. The number of benzene rings is 1. The number of ether oxygens (including phenoxy) is 1. The van der Waals surface area contributed by atoms with Crippen molar-refractivity contribution in [2.24, 2.45) is 5.73 Å². The summed E-state index contributed by atoms with van der Waals surface area (Å²) in [7, 11) is 0. The third kappa shape index (κ3) is 5.22. The minimum absolute atomic E-state index is 0.265. The van der Waals surface area contributed by atoms with E-state index >= 15 is 0 Å². The van der Waals surface area contributed by atoms with Gasteiger partial charge in [-0.2, -0.15) is 0 Å². The Morgan fingerprint density at radius 1 is 1.18 bits per heavy atom. The largest absolute Gasteiger partial charge is 0.491 e. The normalized spacial score (nSPS) is 14.4. The van der Waals surface area contributed by atoms with Crippen LogP contribution in [0.3, 0.4) is 0 Å². The summed E-state index contributed by atoms with van der Waals surface area (Å²) >= 11 is 0. The number of nitrogens with two attached hydrogens (primary N) is 1. The highest BCUT2D eigenvalue weighted by Crippen LogP contribution is 2.16. The first kappa shape index (κ1) is 14.0.